The molecule has 2 nitrogen and oxygen atoms in total. The lowest BCUT2D eigenvalue weighted by atomic mass is 9.86. The second-order valence-corrected chi connectivity index (χ2v) is 5.77. The molecule has 0 heterocycles. The van der Waals surface area contributed by atoms with Crippen LogP contribution in [0.5, 0.6) is 0 Å². The Hall–Kier alpha value is -0.780. The number of rotatable bonds is 3. The van der Waals surface area contributed by atoms with E-state index in [1.807, 2.05) is 32.9 Å². The van der Waals surface area contributed by atoms with E-state index < -0.39 is 24.7 Å². The zero-order valence-corrected chi connectivity index (χ0v) is 12.6. The Morgan fingerprint density at radius 3 is 1.90 bits per heavy atom. The highest BCUT2D eigenvalue weighted by atomic mass is 35.5. The zero-order chi connectivity index (χ0) is 14.8. The van der Waals surface area contributed by atoms with Crippen LogP contribution in [0.2, 0.25) is 0 Å². The molecule has 0 bridgehead atoms. The van der Waals surface area contributed by atoms with Crippen molar-refractivity contribution in [3.05, 3.63) is 35.4 Å². The lowest BCUT2D eigenvalue weighted by Gasteiger charge is -2.21. The molecule has 0 saturated heterocycles. The molecule has 0 aliphatic carbocycles. The van der Waals surface area contributed by atoms with Crippen LogP contribution in [0.1, 0.15) is 44.4 Å². The van der Waals surface area contributed by atoms with Crippen molar-refractivity contribution < 1.29 is 18.3 Å². The van der Waals surface area contributed by atoms with Crippen molar-refractivity contribution in [2.24, 2.45) is 5.73 Å². The highest BCUT2D eigenvalue weighted by molar-refractivity contribution is 5.85. The summed E-state index contributed by atoms with van der Waals surface area (Å²) < 4.78 is 36.9. The quantitative estimate of drug-likeness (QED) is 0.893. The average molecular weight is 312 g/mol. The number of alkyl halides is 3. The van der Waals surface area contributed by atoms with Crippen LogP contribution in [0.4, 0.5) is 13.2 Å². The number of hydrogen-bond acceptors (Lipinski definition) is 2. The molecule has 1 aromatic rings. The van der Waals surface area contributed by atoms with Gasteiger partial charge in [-0.15, -0.1) is 12.4 Å². The van der Waals surface area contributed by atoms with Gasteiger partial charge in [-0.25, -0.2) is 0 Å². The molecular weight excluding hydrogens is 291 g/mol. The summed E-state index contributed by atoms with van der Waals surface area (Å²) in [5, 5.41) is 9.77. The molecular formula is C14H21ClF3NO. The molecule has 0 saturated carbocycles. The lowest BCUT2D eigenvalue weighted by molar-refractivity contribution is -0.153. The number of hydrogen-bond donors (Lipinski definition) is 2. The SMILES string of the molecule is CC(C)(C)c1ccc([C@H](O)C[C@@H](N)C(F)(F)F)cc1.Cl. The van der Waals surface area contributed by atoms with Crippen LogP contribution in [0.15, 0.2) is 24.3 Å². The van der Waals surface area contributed by atoms with Gasteiger partial charge < -0.3 is 10.8 Å². The van der Waals surface area contributed by atoms with Crippen LogP contribution >= 0.6 is 12.4 Å². The monoisotopic (exact) mass is 311 g/mol. The Balaban J connectivity index is 0.00000361. The molecule has 0 aromatic heterocycles. The summed E-state index contributed by atoms with van der Waals surface area (Å²) >= 11 is 0. The summed E-state index contributed by atoms with van der Waals surface area (Å²) in [6.07, 6.45) is -6.21. The molecule has 0 spiro atoms. The van der Waals surface area contributed by atoms with Gasteiger partial charge in [-0.1, -0.05) is 45.0 Å². The molecule has 0 fully saturated rings. The minimum Gasteiger partial charge on any atom is -0.388 e. The van der Waals surface area contributed by atoms with E-state index in [4.69, 9.17) is 5.73 Å². The van der Waals surface area contributed by atoms with Gasteiger partial charge in [-0.3, -0.25) is 0 Å². The van der Waals surface area contributed by atoms with Crippen molar-refractivity contribution in [1.29, 1.82) is 0 Å². The number of nitrogens with two attached hydrogens (primary N) is 1. The minimum atomic E-state index is -4.48. The Morgan fingerprint density at radius 2 is 1.55 bits per heavy atom. The Bertz CT molecular complexity index is 412. The van der Waals surface area contributed by atoms with Crippen LogP contribution in [-0.2, 0) is 5.41 Å². The summed E-state index contributed by atoms with van der Waals surface area (Å²) in [4.78, 5) is 0. The van der Waals surface area contributed by atoms with Crippen molar-refractivity contribution in [1.82, 2.24) is 0 Å². The molecule has 0 amide bonds. The van der Waals surface area contributed by atoms with Gasteiger partial charge >= 0.3 is 6.18 Å². The Morgan fingerprint density at radius 1 is 1.10 bits per heavy atom. The topological polar surface area (TPSA) is 46.2 Å². The molecule has 0 aliphatic rings. The number of halogens is 4. The largest absolute Gasteiger partial charge is 0.403 e. The summed E-state index contributed by atoms with van der Waals surface area (Å²) in [6.45, 7) is 6.12. The molecule has 0 aliphatic heterocycles. The van der Waals surface area contributed by atoms with Gasteiger partial charge in [-0.2, -0.15) is 13.2 Å². The van der Waals surface area contributed by atoms with Crippen LogP contribution in [0.25, 0.3) is 0 Å². The smallest absolute Gasteiger partial charge is 0.388 e. The third kappa shape index (κ3) is 5.31. The van der Waals surface area contributed by atoms with Crippen LogP contribution in [0.3, 0.4) is 0 Å². The zero-order valence-electron chi connectivity index (χ0n) is 11.7. The van der Waals surface area contributed by atoms with E-state index >= 15 is 0 Å². The van der Waals surface area contributed by atoms with Gasteiger partial charge in [-0.05, 0) is 16.5 Å². The summed E-state index contributed by atoms with van der Waals surface area (Å²) in [5.74, 6) is 0. The second kappa shape index (κ2) is 6.78. The molecule has 0 radical (unpaired) electrons. The standard InChI is InChI=1S/C14H20F3NO.ClH/c1-13(2,3)10-6-4-9(5-7-10)11(19)8-12(18)14(15,16)17;/h4-7,11-12,19H,8,18H2,1-3H3;1H/t11-,12-;/m1./s1. The fourth-order valence-electron chi connectivity index (χ4n) is 1.72. The number of aliphatic hydroxyl groups excluding tert-OH is 1. The number of aliphatic hydroxyl groups is 1. The predicted octanol–water partition coefficient (Wildman–Crippen LogP) is 3.72. The highest BCUT2D eigenvalue weighted by Gasteiger charge is 2.37. The van der Waals surface area contributed by atoms with Crippen LogP contribution in [-0.4, -0.2) is 17.3 Å². The fourth-order valence-corrected chi connectivity index (χ4v) is 1.72. The van der Waals surface area contributed by atoms with Gasteiger partial charge in [0.1, 0.15) is 6.04 Å². The summed E-state index contributed by atoms with van der Waals surface area (Å²) in [5.41, 5.74) is 6.48. The normalized spacial score (nSPS) is 15.4. The first-order chi connectivity index (χ1) is 8.51. The Labute approximate surface area is 123 Å². The van der Waals surface area contributed by atoms with E-state index in [1.54, 1.807) is 12.1 Å². The molecule has 2 atom stereocenters. The maximum absolute atomic E-state index is 12.3. The Kier molecular flexibility index (Phi) is 6.52. The predicted molar refractivity (Wildman–Crippen MR) is 76.0 cm³/mol. The highest BCUT2D eigenvalue weighted by Crippen LogP contribution is 2.28. The van der Waals surface area contributed by atoms with Crippen molar-refractivity contribution >= 4 is 12.4 Å². The van der Waals surface area contributed by atoms with Crippen molar-refractivity contribution in [2.75, 3.05) is 0 Å². The average Bonchev–Trinajstić information content (AvgIpc) is 2.26. The van der Waals surface area contributed by atoms with E-state index in [0.29, 0.717) is 5.56 Å². The van der Waals surface area contributed by atoms with Gasteiger partial charge in [0.2, 0.25) is 0 Å². The van der Waals surface area contributed by atoms with Crippen LogP contribution < -0.4 is 5.73 Å². The lowest BCUT2D eigenvalue weighted by Crippen LogP contribution is -2.38. The van der Waals surface area contributed by atoms with E-state index in [1.165, 1.54) is 0 Å². The third-order valence-corrected chi connectivity index (χ3v) is 3.06. The molecule has 20 heavy (non-hydrogen) atoms. The first kappa shape index (κ1) is 19.2. The van der Waals surface area contributed by atoms with Crippen molar-refractivity contribution in [2.45, 2.75) is 50.9 Å². The summed E-state index contributed by atoms with van der Waals surface area (Å²) in [6, 6.07) is 4.92. The molecule has 1 rings (SSSR count). The van der Waals surface area contributed by atoms with Crippen molar-refractivity contribution in [3.8, 4) is 0 Å². The maximum Gasteiger partial charge on any atom is 0.403 e. The fraction of sp³-hybridized carbons (Fsp3) is 0.571. The van der Waals surface area contributed by atoms with E-state index in [2.05, 4.69) is 0 Å². The molecule has 1 aromatic carbocycles. The van der Waals surface area contributed by atoms with Crippen molar-refractivity contribution in [3.63, 3.8) is 0 Å². The molecule has 6 heteroatoms. The van der Waals surface area contributed by atoms with Gasteiger partial charge in [0, 0.05) is 6.42 Å². The first-order valence-corrected chi connectivity index (χ1v) is 6.12. The minimum absolute atomic E-state index is 0. The molecule has 3 N–H and O–H groups in total. The van der Waals surface area contributed by atoms with E-state index in [-0.39, 0.29) is 17.8 Å². The maximum atomic E-state index is 12.3. The molecule has 0 unspecified atom stereocenters. The van der Waals surface area contributed by atoms with E-state index in [9.17, 15) is 18.3 Å². The summed E-state index contributed by atoms with van der Waals surface area (Å²) in [7, 11) is 0. The van der Waals surface area contributed by atoms with Gasteiger partial charge in [0.05, 0.1) is 6.10 Å². The van der Waals surface area contributed by atoms with E-state index in [0.717, 1.165) is 5.56 Å². The molecule has 116 valence electrons. The van der Waals surface area contributed by atoms with Gasteiger partial charge in [0.15, 0.2) is 0 Å². The van der Waals surface area contributed by atoms with Gasteiger partial charge in [0.25, 0.3) is 0 Å². The second-order valence-electron chi connectivity index (χ2n) is 5.77. The van der Waals surface area contributed by atoms with Crippen LogP contribution in [0, 0.1) is 0 Å². The number of benzene rings is 1. The first-order valence-electron chi connectivity index (χ1n) is 6.12. The third-order valence-electron chi connectivity index (χ3n) is 3.06.